The zero-order valence-corrected chi connectivity index (χ0v) is 5.71. The highest BCUT2D eigenvalue weighted by atomic mass is 35.5. The van der Waals surface area contributed by atoms with Crippen molar-refractivity contribution in [3.05, 3.63) is 0 Å². The molecule has 1 fully saturated rings. The molecule has 1 unspecified atom stereocenters. The van der Waals surface area contributed by atoms with Gasteiger partial charge in [0.05, 0.1) is 0 Å². The summed E-state index contributed by atoms with van der Waals surface area (Å²) in [6, 6.07) is 0.625. The van der Waals surface area contributed by atoms with Gasteiger partial charge in [0.1, 0.15) is 0 Å². The minimum absolute atomic E-state index is 0. The van der Waals surface area contributed by atoms with E-state index in [9.17, 15) is 0 Å². The second-order valence-electron chi connectivity index (χ2n) is 2.03. The van der Waals surface area contributed by atoms with E-state index < -0.39 is 0 Å². The number of nitrogens with one attached hydrogen (secondary N) is 1. The van der Waals surface area contributed by atoms with Gasteiger partial charge in [-0.2, -0.15) is 0 Å². The van der Waals surface area contributed by atoms with Crippen LogP contribution in [-0.4, -0.2) is 19.1 Å². The zero-order valence-electron chi connectivity index (χ0n) is 4.89. The second-order valence-corrected chi connectivity index (χ2v) is 2.03. The Kier molecular flexibility index (Phi) is 4.23. The van der Waals surface area contributed by atoms with Crippen LogP contribution < -0.4 is 11.1 Å². The fourth-order valence-corrected chi connectivity index (χ4v) is 0.958. The molecule has 1 rings (SSSR count). The smallest absolute Gasteiger partial charge is 0.0190 e. The average Bonchev–Trinajstić information content (AvgIpc) is 2.14. The first-order valence-electron chi connectivity index (χ1n) is 2.87. The molecule has 0 bridgehead atoms. The van der Waals surface area contributed by atoms with E-state index in [1.165, 1.54) is 19.4 Å². The molecule has 3 N–H and O–H groups in total. The number of nitrogens with two attached hydrogens (primary N) is 1. The number of hydrogen-bond acceptors (Lipinski definition) is 2. The number of rotatable bonds is 1. The van der Waals surface area contributed by atoms with Gasteiger partial charge in [-0.15, -0.1) is 12.4 Å². The van der Waals surface area contributed by atoms with E-state index in [1.807, 2.05) is 0 Å². The largest absolute Gasteiger partial charge is 0.329 e. The van der Waals surface area contributed by atoms with Crippen molar-refractivity contribution in [1.82, 2.24) is 5.32 Å². The van der Waals surface area contributed by atoms with E-state index >= 15 is 0 Å². The molecule has 1 aliphatic rings. The Hall–Kier alpha value is 0.210. The molecule has 0 aromatic rings. The fourth-order valence-electron chi connectivity index (χ4n) is 0.958. The Labute approximate surface area is 56.2 Å². The quantitative estimate of drug-likeness (QED) is 0.538. The molecule has 1 atom stereocenters. The van der Waals surface area contributed by atoms with Crippen LogP contribution in [-0.2, 0) is 0 Å². The van der Waals surface area contributed by atoms with Crippen LogP contribution in [0.2, 0.25) is 0 Å². The highest BCUT2D eigenvalue weighted by Crippen LogP contribution is 2.01. The lowest BCUT2D eigenvalue weighted by Gasteiger charge is -2.02. The van der Waals surface area contributed by atoms with E-state index in [1.54, 1.807) is 0 Å². The van der Waals surface area contributed by atoms with Gasteiger partial charge in [0, 0.05) is 12.6 Å². The van der Waals surface area contributed by atoms with Crippen molar-refractivity contribution in [3.8, 4) is 0 Å². The van der Waals surface area contributed by atoms with Crippen LogP contribution >= 0.6 is 12.4 Å². The van der Waals surface area contributed by atoms with Gasteiger partial charge in [0.2, 0.25) is 0 Å². The van der Waals surface area contributed by atoms with Crippen LogP contribution in [0, 0.1) is 0 Å². The highest BCUT2D eigenvalue weighted by molar-refractivity contribution is 5.85. The van der Waals surface area contributed by atoms with Crippen molar-refractivity contribution in [2.24, 2.45) is 5.73 Å². The summed E-state index contributed by atoms with van der Waals surface area (Å²) in [5, 5.41) is 3.28. The number of hydrogen-bond donors (Lipinski definition) is 2. The molecule has 1 aliphatic heterocycles. The van der Waals surface area contributed by atoms with Gasteiger partial charge in [0.15, 0.2) is 0 Å². The molecule has 8 heavy (non-hydrogen) atoms. The summed E-state index contributed by atoms with van der Waals surface area (Å²) in [5.74, 6) is 0. The summed E-state index contributed by atoms with van der Waals surface area (Å²) in [7, 11) is 0. The highest BCUT2D eigenvalue weighted by Gasteiger charge is 2.09. The Bertz CT molecular complexity index is 52.4. The lowest BCUT2D eigenvalue weighted by molar-refractivity contribution is 0.616. The van der Waals surface area contributed by atoms with Crippen molar-refractivity contribution < 1.29 is 0 Å². The summed E-state index contributed by atoms with van der Waals surface area (Å²) in [5.41, 5.74) is 5.37. The van der Waals surface area contributed by atoms with Crippen molar-refractivity contribution in [2.75, 3.05) is 13.1 Å². The van der Waals surface area contributed by atoms with Gasteiger partial charge in [-0.25, -0.2) is 0 Å². The maximum absolute atomic E-state index is 5.37. The van der Waals surface area contributed by atoms with Gasteiger partial charge in [-0.1, -0.05) is 0 Å². The van der Waals surface area contributed by atoms with Gasteiger partial charge >= 0.3 is 0 Å². The van der Waals surface area contributed by atoms with Gasteiger partial charge in [-0.05, 0) is 19.4 Å². The van der Waals surface area contributed by atoms with E-state index in [4.69, 9.17) is 5.73 Å². The topological polar surface area (TPSA) is 38.0 Å². The molecule has 0 saturated carbocycles. The minimum Gasteiger partial charge on any atom is -0.329 e. The molecule has 50 valence electrons. The lowest BCUT2D eigenvalue weighted by atomic mass is 10.2. The molecule has 3 heteroatoms. The molecule has 0 aromatic carbocycles. The third-order valence-corrected chi connectivity index (χ3v) is 1.45. The van der Waals surface area contributed by atoms with Crippen LogP contribution in [0.25, 0.3) is 0 Å². The average molecular weight is 137 g/mol. The number of halogens is 1. The lowest BCUT2D eigenvalue weighted by Crippen LogP contribution is -2.29. The molecular weight excluding hydrogens is 124 g/mol. The molecule has 1 saturated heterocycles. The maximum Gasteiger partial charge on any atom is 0.0190 e. The van der Waals surface area contributed by atoms with Crippen molar-refractivity contribution >= 4 is 12.4 Å². The second kappa shape index (κ2) is 4.13. The summed E-state index contributed by atoms with van der Waals surface area (Å²) in [6.07, 6.45) is 2.58. The fraction of sp³-hybridized carbons (Fsp3) is 1.00. The minimum atomic E-state index is 0. The maximum atomic E-state index is 5.37. The molecule has 0 amide bonds. The Morgan fingerprint density at radius 3 is 2.62 bits per heavy atom. The van der Waals surface area contributed by atoms with Crippen LogP contribution in [0.5, 0.6) is 0 Å². The van der Waals surface area contributed by atoms with E-state index in [2.05, 4.69) is 5.32 Å². The molecule has 0 spiro atoms. The monoisotopic (exact) mass is 136 g/mol. The van der Waals surface area contributed by atoms with Gasteiger partial charge in [0.25, 0.3) is 0 Å². The first kappa shape index (κ1) is 8.21. The van der Waals surface area contributed by atoms with E-state index in [0.29, 0.717) is 6.04 Å². The summed E-state index contributed by atoms with van der Waals surface area (Å²) >= 11 is 0. The third-order valence-electron chi connectivity index (χ3n) is 1.45. The molecule has 0 aromatic heterocycles. The first-order valence-corrected chi connectivity index (χ1v) is 2.87. The van der Waals surface area contributed by atoms with Gasteiger partial charge < -0.3 is 11.1 Å². The van der Waals surface area contributed by atoms with Crippen molar-refractivity contribution in [2.45, 2.75) is 18.9 Å². The van der Waals surface area contributed by atoms with Crippen LogP contribution in [0.4, 0.5) is 0 Å². The van der Waals surface area contributed by atoms with Crippen molar-refractivity contribution in [3.63, 3.8) is 0 Å². The third kappa shape index (κ3) is 1.99. The normalized spacial score (nSPS) is 27.4. The Morgan fingerprint density at radius 2 is 2.38 bits per heavy atom. The summed E-state index contributed by atoms with van der Waals surface area (Å²) in [4.78, 5) is 0. The predicted octanol–water partition coefficient (Wildman–Crippen LogP) is 0.119. The van der Waals surface area contributed by atoms with E-state index in [0.717, 1.165) is 6.54 Å². The Balaban J connectivity index is 0.000000490. The molecule has 1 heterocycles. The zero-order chi connectivity index (χ0) is 5.11. The SMILES string of the molecule is Cl.NCC1CCCN1. The summed E-state index contributed by atoms with van der Waals surface area (Å²) in [6.45, 7) is 1.97. The van der Waals surface area contributed by atoms with E-state index in [-0.39, 0.29) is 12.4 Å². The predicted molar refractivity (Wildman–Crippen MR) is 37.3 cm³/mol. The summed E-state index contributed by atoms with van der Waals surface area (Å²) < 4.78 is 0. The molecular formula is C5H13ClN2. The Morgan fingerprint density at radius 1 is 1.62 bits per heavy atom. The molecule has 2 nitrogen and oxygen atoms in total. The van der Waals surface area contributed by atoms with Crippen LogP contribution in [0.1, 0.15) is 12.8 Å². The molecule has 0 aliphatic carbocycles. The van der Waals surface area contributed by atoms with Crippen LogP contribution in [0.3, 0.4) is 0 Å². The van der Waals surface area contributed by atoms with Crippen LogP contribution in [0.15, 0.2) is 0 Å². The molecule has 0 radical (unpaired) electrons. The first-order chi connectivity index (χ1) is 3.43. The van der Waals surface area contributed by atoms with Crippen molar-refractivity contribution in [1.29, 1.82) is 0 Å². The van der Waals surface area contributed by atoms with Gasteiger partial charge in [-0.3, -0.25) is 0 Å². The standard InChI is InChI=1S/C5H12N2.ClH/c6-4-5-2-1-3-7-5;/h5,7H,1-4,6H2;1H.